The number of benzene rings is 1. The first kappa shape index (κ1) is 14.0. The van der Waals surface area contributed by atoms with Gasteiger partial charge in [0.2, 0.25) is 0 Å². The van der Waals surface area contributed by atoms with Crippen LogP contribution in [0.1, 0.15) is 31.9 Å². The van der Waals surface area contributed by atoms with Gasteiger partial charge in [-0.3, -0.25) is 0 Å². The maximum Gasteiger partial charge on any atom is 0.120 e. The van der Waals surface area contributed by atoms with Gasteiger partial charge in [0.25, 0.3) is 0 Å². The molecule has 0 aliphatic heterocycles. The average Bonchev–Trinajstić information content (AvgIpc) is 2.31. The fourth-order valence-corrected chi connectivity index (χ4v) is 1.75. The van der Waals surface area contributed by atoms with Crippen LogP contribution in [0.3, 0.4) is 0 Å². The molecule has 0 bridgehead atoms. The molecular weight excluding hydrogens is 212 g/mol. The van der Waals surface area contributed by atoms with E-state index in [1.54, 1.807) is 6.07 Å². The maximum atomic E-state index is 9.84. The molecule has 17 heavy (non-hydrogen) atoms. The summed E-state index contributed by atoms with van der Waals surface area (Å²) in [4.78, 5) is 2.19. The largest absolute Gasteiger partial charge is 0.508 e. The molecule has 0 aromatic heterocycles. The lowest BCUT2D eigenvalue weighted by Gasteiger charge is -2.24. The fraction of sp³-hybridized carbons (Fsp3) is 0.571. The second kappa shape index (κ2) is 6.62. The van der Waals surface area contributed by atoms with Crippen LogP contribution in [0.4, 0.5) is 0 Å². The Morgan fingerprint density at radius 1 is 1.29 bits per heavy atom. The zero-order chi connectivity index (χ0) is 12.8. The normalized spacial score (nSPS) is 14.9. The van der Waals surface area contributed by atoms with Gasteiger partial charge in [-0.2, -0.15) is 0 Å². The van der Waals surface area contributed by atoms with Gasteiger partial charge in [-0.05, 0) is 33.5 Å². The van der Waals surface area contributed by atoms with E-state index >= 15 is 0 Å². The van der Waals surface area contributed by atoms with E-state index in [4.69, 9.17) is 0 Å². The van der Waals surface area contributed by atoms with E-state index in [9.17, 15) is 5.11 Å². The van der Waals surface area contributed by atoms with Crippen LogP contribution in [0.15, 0.2) is 24.3 Å². The molecule has 96 valence electrons. The Labute approximate surface area is 104 Å². The minimum atomic E-state index is 0.221. The van der Waals surface area contributed by atoms with Gasteiger partial charge in [-0.15, -0.1) is 0 Å². The molecule has 1 rings (SSSR count). The molecule has 0 saturated carbocycles. The number of likely N-dealkylation sites (N-methyl/N-ethyl adjacent to an activating group) is 1. The lowest BCUT2D eigenvalue weighted by atomic mass is 10.0. The molecule has 0 aliphatic carbocycles. The van der Waals surface area contributed by atoms with E-state index in [0.717, 1.165) is 18.5 Å². The minimum Gasteiger partial charge on any atom is -0.508 e. The highest BCUT2D eigenvalue weighted by Gasteiger charge is 2.14. The minimum absolute atomic E-state index is 0.221. The van der Waals surface area contributed by atoms with Crippen LogP contribution in [-0.4, -0.2) is 36.7 Å². The van der Waals surface area contributed by atoms with Crippen LogP contribution in [0.25, 0.3) is 0 Å². The van der Waals surface area contributed by atoms with Crippen molar-refractivity contribution in [3.05, 3.63) is 29.8 Å². The van der Waals surface area contributed by atoms with Gasteiger partial charge in [0, 0.05) is 24.2 Å². The number of para-hydroxylation sites is 1. The lowest BCUT2D eigenvalue weighted by molar-refractivity contribution is 0.291. The number of aromatic hydroxyl groups is 1. The molecule has 2 unspecified atom stereocenters. The molecule has 1 aromatic rings. The smallest absolute Gasteiger partial charge is 0.120 e. The van der Waals surface area contributed by atoms with E-state index in [1.807, 2.05) is 18.2 Å². The molecule has 3 nitrogen and oxygen atoms in total. The number of nitrogens with zero attached hydrogens (tertiary/aromatic N) is 1. The summed E-state index contributed by atoms with van der Waals surface area (Å²) in [7, 11) is 4.15. The molecule has 0 spiro atoms. The third kappa shape index (κ3) is 4.02. The van der Waals surface area contributed by atoms with Gasteiger partial charge in [-0.25, -0.2) is 0 Å². The van der Waals surface area contributed by atoms with E-state index in [0.29, 0.717) is 11.8 Å². The van der Waals surface area contributed by atoms with Crippen LogP contribution in [-0.2, 0) is 0 Å². The molecule has 1 aromatic carbocycles. The Balaban J connectivity index is 2.64. The summed E-state index contributed by atoms with van der Waals surface area (Å²) in [6, 6.07) is 8.25. The molecule has 0 saturated heterocycles. The summed E-state index contributed by atoms with van der Waals surface area (Å²) in [5.74, 6) is 0.379. The monoisotopic (exact) mass is 236 g/mol. The molecule has 2 N–H and O–H groups in total. The number of phenols is 1. The van der Waals surface area contributed by atoms with Crippen molar-refractivity contribution < 1.29 is 5.11 Å². The summed E-state index contributed by atoms with van der Waals surface area (Å²) in [5.41, 5.74) is 0.987. The highest BCUT2D eigenvalue weighted by Crippen LogP contribution is 2.25. The number of hydrogen-bond acceptors (Lipinski definition) is 3. The van der Waals surface area contributed by atoms with Gasteiger partial charge < -0.3 is 15.3 Å². The molecular formula is C14H24N2O. The Morgan fingerprint density at radius 2 is 1.94 bits per heavy atom. The Morgan fingerprint density at radius 3 is 2.47 bits per heavy atom. The van der Waals surface area contributed by atoms with Crippen molar-refractivity contribution in [1.29, 1.82) is 0 Å². The average molecular weight is 236 g/mol. The van der Waals surface area contributed by atoms with E-state index in [2.05, 4.69) is 38.2 Å². The molecule has 2 atom stereocenters. The lowest BCUT2D eigenvalue weighted by Crippen LogP contribution is -2.37. The second-order valence-electron chi connectivity index (χ2n) is 4.74. The SMILES string of the molecule is CCC(NCC(C)N(C)C)c1ccccc1O. The van der Waals surface area contributed by atoms with Crippen molar-refractivity contribution in [2.45, 2.75) is 32.4 Å². The first-order valence-electron chi connectivity index (χ1n) is 6.24. The highest BCUT2D eigenvalue weighted by atomic mass is 16.3. The van der Waals surface area contributed by atoms with Crippen molar-refractivity contribution in [3.63, 3.8) is 0 Å². The van der Waals surface area contributed by atoms with E-state index < -0.39 is 0 Å². The summed E-state index contributed by atoms with van der Waals surface area (Å²) in [5, 5.41) is 13.3. The summed E-state index contributed by atoms with van der Waals surface area (Å²) >= 11 is 0. The second-order valence-corrected chi connectivity index (χ2v) is 4.74. The topological polar surface area (TPSA) is 35.5 Å². The molecule has 0 radical (unpaired) electrons. The van der Waals surface area contributed by atoms with Crippen LogP contribution >= 0.6 is 0 Å². The number of hydrogen-bond donors (Lipinski definition) is 2. The summed E-state index contributed by atoms with van der Waals surface area (Å²) in [6.45, 7) is 5.23. The molecule has 0 amide bonds. The Bertz CT molecular complexity index is 339. The van der Waals surface area contributed by atoms with Crippen LogP contribution in [0, 0.1) is 0 Å². The van der Waals surface area contributed by atoms with Crippen LogP contribution in [0.2, 0.25) is 0 Å². The number of nitrogens with one attached hydrogen (secondary N) is 1. The molecule has 3 heteroatoms. The van der Waals surface area contributed by atoms with Crippen molar-refractivity contribution in [2.75, 3.05) is 20.6 Å². The van der Waals surface area contributed by atoms with E-state index in [-0.39, 0.29) is 6.04 Å². The van der Waals surface area contributed by atoms with Gasteiger partial charge >= 0.3 is 0 Å². The Kier molecular flexibility index (Phi) is 5.45. The first-order valence-corrected chi connectivity index (χ1v) is 6.24. The molecule has 0 heterocycles. The summed E-state index contributed by atoms with van der Waals surface area (Å²) < 4.78 is 0. The van der Waals surface area contributed by atoms with Gasteiger partial charge in [0.15, 0.2) is 0 Å². The van der Waals surface area contributed by atoms with Crippen molar-refractivity contribution in [1.82, 2.24) is 10.2 Å². The Hall–Kier alpha value is -1.06. The molecule has 0 aliphatic rings. The zero-order valence-electron chi connectivity index (χ0n) is 11.3. The van der Waals surface area contributed by atoms with Crippen molar-refractivity contribution in [2.24, 2.45) is 0 Å². The van der Waals surface area contributed by atoms with Gasteiger partial charge in [0.1, 0.15) is 5.75 Å². The maximum absolute atomic E-state index is 9.84. The number of phenolic OH excluding ortho intramolecular Hbond substituents is 1. The standard InChI is InChI=1S/C14H24N2O/c1-5-13(15-10-11(2)16(3)4)12-8-6-7-9-14(12)17/h6-9,11,13,15,17H,5,10H2,1-4H3. The highest BCUT2D eigenvalue weighted by molar-refractivity contribution is 5.34. The zero-order valence-corrected chi connectivity index (χ0v) is 11.3. The van der Waals surface area contributed by atoms with Crippen LogP contribution < -0.4 is 5.32 Å². The number of rotatable bonds is 6. The predicted molar refractivity (Wildman–Crippen MR) is 72.3 cm³/mol. The predicted octanol–water partition coefficient (Wildman–Crippen LogP) is 2.38. The fourth-order valence-electron chi connectivity index (χ4n) is 1.75. The molecule has 0 fully saturated rings. The van der Waals surface area contributed by atoms with Crippen LogP contribution in [0.5, 0.6) is 5.75 Å². The first-order chi connectivity index (χ1) is 8.06. The third-order valence-electron chi connectivity index (χ3n) is 3.26. The van der Waals surface area contributed by atoms with E-state index in [1.165, 1.54) is 0 Å². The van der Waals surface area contributed by atoms with Crippen molar-refractivity contribution >= 4 is 0 Å². The summed E-state index contributed by atoms with van der Waals surface area (Å²) in [6.07, 6.45) is 0.970. The van der Waals surface area contributed by atoms with Gasteiger partial charge in [0.05, 0.1) is 0 Å². The third-order valence-corrected chi connectivity index (χ3v) is 3.26. The van der Waals surface area contributed by atoms with Crippen molar-refractivity contribution in [3.8, 4) is 5.75 Å². The quantitative estimate of drug-likeness (QED) is 0.796. The van der Waals surface area contributed by atoms with Gasteiger partial charge in [-0.1, -0.05) is 25.1 Å².